The van der Waals surface area contributed by atoms with Gasteiger partial charge >= 0.3 is 7.60 Å². The SMILES string of the molecule is CCOP(=O)(OCC)C(CC(=O)CC)c1ccccc1. The second-order valence-corrected chi connectivity index (χ2v) is 6.62. The molecule has 5 heteroatoms. The first kappa shape index (κ1) is 17.1. The van der Waals surface area contributed by atoms with Crippen molar-refractivity contribution in [3.8, 4) is 0 Å². The predicted octanol–water partition coefficient (Wildman–Crippen LogP) is 4.36. The lowest BCUT2D eigenvalue weighted by Gasteiger charge is -2.26. The maximum Gasteiger partial charge on any atom is 0.338 e. The second-order valence-electron chi connectivity index (χ2n) is 4.40. The number of hydrogen-bond acceptors (Lipinski definition) is 4. The van der Waals surface area contributed by atoms with E-state index in [1.165, 1.54) is 0 Å². The van der Waals surface area contributed by atoms with E-state index < -0.39 is 13.3 Å². The van der Waals surface area contributed by atoms with E-state index in [-0.39, 0.29) is 12.2 Å². The van der Waals surface area contributed by atoms with Crippen LogP contribution in [-0.2, 0) is 18.4 Å². The van der Waals surface area contributed by atoms with Crippen LogP contribution < -0.4 is 0 Å². The largest absolute Gasteiger partial charge is 0.338 e. The third-order valence-corrected chi connectivity index (χ3v) is 5.48. The smallest absolute Gasteiger partial charge is 0.308 e. The molecule has 0 amide bonds. The van der Waals surface area contributed by atoms with Crippen molar-refractivity contribution < 1.29 is 18.4 Å². The number of Topliss-reactive ketones (excluding diaryl/α,β-unsaturated/α-hetero) is 1. The van der Waals surface area contributed by atoms with E-state index in [2.05, 4.69) is 0 Å². The third kappa shape index (κ3) is 4.55. The van der Waals surface area contributed by atoms with Crippen molar-refractivity contribution in [2.75, 3.05) is 13.2 Å². The molecule has 0 aromatic heterocycles. The van der Waals surface area contributed by atoms with Crippen LogP contribution in [0.5, 0.6) is 0 Å². The summed E-state index contributed by atoms with van der Waals surface area (Å²) in [5.41, 5.74) is 0.288. The van der Waals surface area contributed by atoms with Crippen molar-refractivity contribution in [3.63, 3.8) is 0 Å². The molecule has 0 saturated carbocycles. The summed E-state index contributed by atoms with van der Waals surface area (Å²) in [7, 11) is -3.34. The Labute approximate surface area is 121 Å². The molecular formula is C15H23O4P. The molecular weight excluding hydrogens is 275 g/mol. The highest BCUT2D eigenvalue weighted by Crippen LogP contribution is 2.62. The van der Waals surface area contributed by atoms with Crippen molar-refractivity contribution in [1.29, 1.82) is 0 Å². The predicted molar refractivity (Wildman–Crippen MR) is 80.0 cm³/mol. The molecule has 20 heavy (non-hydrogen) atoms. The standard InChI is InChI=1S/C15H23O4P/c1-4-14(16)12-15(13-10-8-7-9-11-13)20(17,18-5-2)19-6-3/h7-11,15H,4-6,12H2,1-3H3. The van der Waals surface area contributed by atoms with Crippen LogP contribution in [0.3, 0.4) is 0 Å². The number of rotatable bonds is 9. The first-order chi connectivity index (χ1) is 9.57. The molecule has 0 aliphatic heterocycles. The molecule has 0 fully saturated rings. The van der Waals surface area contributed by atoms with Gasteiger partial charge in [-0.15, -0.1) is 0 Å². The van der Waals surface area contributed by atoms with Gasteiger partial charge in [0, 0.05) is 12.8 Å². The van der Waals surface area contributed by atoms with E-state index in [9.17, 15) is 9.36 Å². The molecule has 1 aromatic carbocycles. The van der Waals surface area contributed by atoms with Gasteiger partial charge in [-0.1, -0.05) is 37.3 Å². The maximum atomic E-state index is 13.0. The van der Waals surface area contributed by atoms with Crippen LogP contribution in [0.2, 0.25) is 0 Å². The highest BCUT2D eigenvalue weighted by Gasteiger charge is 2.37. The van der Waals surface area contributed by atoms with E-state index in [1.54, 1.807) is 20.8 Å². The molecule has 112 valence electrons. The molecule has 0 aliphatic rings. The lowest BCUT2D eigenvalue weighted by atomic mass is 10.1. The molecule has 0 saturated heterocycles. The highest BCUT2D eigenvalue weighted by molar-refractivity contribution is 7.54. The van der Waals surface area contributed by atoms with Crippen molar-refractivity contribution in [2.45, 2.75) is 39.3 Å². The Morgan fingerprint density at radius 3 is 2.10 bits per heavy atom. The van der Waals surface area contributed by atoms with Gasteiger partial charge < -0.3 is 9.05 Å². The average Bonchev–Trinajstić information content (AvgIpc) is 2.45. The number of benzene rings is 1. The van der Waals surface area contributed by atoms with Crippen molar-refractivity contribution in [1.82, 2.24) is 0 Å². The van der Waals surface area contributed by atoms with Gasteiger partial charge in [0.25, 0.3) is 0 Å². The Bertz CT molecular complexity index is 448. The first-order valence-corrected chi connectivity index (χ1v) is 8.64. The summed E-state index contributed by atoms with van der Waals surface area (Å²) < 4.78 is 23.8. The van der Waals surface area contributed by atoms with Gasteiger partial charge in [-0.2, -0.15) is 0 Å². The number of carbonyl (C=O) groups excluding carboxylic acids is 1. The fourth-order valence-electron chi connectivity index (χ4n) is 2.02. The van der Waals surface area contributed by atoms with E-state index >= 15 is 0 Å². The van der Waals surface area contributed by atoms with Gasteiger partial charge in [0.2, 0.25) is 0 Å². The topological polar surface area (TPSA) is 52.6 Å². The molecule has 1 atom stereocenters. The molecule has 0 N–H and O–H groups in total. The zero-order valence-corrected chi connectivity index (χ0v) is 13.3. The molecule has 0 bridgehead atoms. The van der Waals surface area contributed by atoms with Crippen molar-refractivity contribution >= 4 is 13.4 Å². The monoisotopic (exact) mass is 298 g/mol. The lowest BCUT2D eigenvalue weighted by Crippen LogP contribution is -2.11. The maximum absolute atomic E-state index is 13.0. The van der Waals surface area contributed by atoms with Crippen LogP contribution in [0.15, 0.2) is 30.3 Å². The van der Waals surface area contributed by atoms with Crippen LogP contribution in [0.25, 0.3) is 0 Å². The van der Waals surface area contributed by atoms with Crippen LogP contribution in [0.1, 0.15) is 44.8 Å². The van der Waals surface area contributed by atoms with E-state index in [1.807, 2.05) is 30.3 Å². The quantitative estimate of drug-likeness (QED) is 0.635. The molecule has 1 aromatic rings. The molecule has 0 heterocycles. The van der Waals surface area contributed by atoms with Gasteiger partial charge in [0.15, 0.2) is 0 Å². The summed E-state index contributed by atoms with van der Waals surface area (Å²) in [5, 5.41) is 0. The van der Waals surface area contributed by atoms with Crippen LogP contribution in [0.4, 0.5) is 0 Å². The molecule has 0 spiro atoms. The van der Waals surface area contributed by atoms with Crippen LogP contribution >= 0.6 is 7.60 Å². The fraction of sp³-hybridized carbons (Fsp3) is 0.533. The normalized spacial score (nSPS) is 13.2. The third-order valence-electron chi connectivity index (χ3n) is 3.00. The minimum atomic E-state index is -3.34. The Kier molecular flexibility index (Phi) is 7.14. The summed E-state index contributed by atoms with van der Waals surface area (Å²) in [5.74, 6) is 0.0542. The number of ketones is 1. The zero-order valence-electron chi connectivity index (χ0n) is 12.4. The number of hydrogen-bond donors (Lipinski definition) is 0. The summed E-state index contributed by atoms with van der Waals surface area (Å²) in [6, 6.07) is 9.33. The fourth-order valence-corrected chi connectivity index (χ4v) is 4.14. The van der Waals surface area contributed by atoms with Crippen LogP contribution in [0, 0.1) is 0 Å². The van der Waals surface area contributed by atoms with Gasteiger partial charge in [0.1, 0.15) is 5.78 Å². The van der Waals surface area contributed by atoms with E-state index in [0.29, 0.717) is 19.6 Å². The minimum absolute atomic E-state index is 0.0542. The molecule has 0 radical (unpaired) electrons. The summed E-state index contributed by atoms with van der Waals surface area (Å²) >= 11 is 0. The molecule has 1 unspecified atom stereocenters. The zero-order chi connectivity index (χ0) is 15.0. The van der Waals surface area contributed by atoms with E-state index in [4.69, 9.17) is 9.05 Å². The summed E-state index contributed by atoms with van der Waals surface area (Å²) in [6.45, 7) is 5.93. The summed E-state index contributed by atoms with van der Waals surface area (Å²) in [6.07, 6.45) is 0.597. The molecule has 4 nitrogen and oxygen atoms in total. The Balaban J connectivity index is 3.14. The average molecular weight is 298 g/mol. The highest BCUT2D eigenvalue weighted by atomic mass is 31.2. The van der Waals surface area contributed by atoms with Crippen molar-refractivity contribution in [2.24, 2.45) is 0 Å². The Morgan fingerprint density at radius 1 is 1.10 bits per heavy atom. The minimum Gasteiger partial charge on any atom is -0.308 e. The second kappa shape index (κ2) is 8.35. The van der Waals surface area contributed by atoms with Gasteiger partial charge in [0.05, 0.1) is 18.9 Å². The van der Waals surface area contributed by atoms with Gasteiger partial charge in [-0.3, -0.25) is 9.36 Å². The number of carbonyl (C=O) groups is 1. The van der Waals surface area contributed by atoms with Crippen molar-refractivity contribution in [3.05, 3.63) is 35.9 Å². The van der Waals surface area contributed by atoms with Crippen LogP contribution in [-0.4, -0.2) is 19.0 Å². The first-order valence-electron chi connectivity index (χ1n) is 7.02. The Morgan fingerprint density at radius 2 is 1.65 bits per heavy atom. The molecule has 1 rings (SSSR count). The van der Waals surface area contributed by atoms with Gasteiger partial charge in [-0.05, 0) is 19.4 Å². The summed E-state index contributed by atoms with van der Waals surface area (Å²) in [4.78, 5) is 11.8. The van der Waals surface area contributed by atoms with Gasteiger partial charge in [-0.25, -0.2) is 0 Å². The lowest BCUT2D eigenvalue weighted by molar-refractivity contribution is -0.118. The molecule has 0 aliphatic carbocycles. The van der Waals surface area contributed by atoms with E-state index in [0.717, 1.165) is 5.56 Å². The Hall–Kier alpha value is -0.960.